The Labute approximate surface area is 53.8 Å². The zero-order chi connectivity index (χ0) is 5.70. The van der Waals surface area contributed by atoms with E-state index in [1.165, 1.54) is 0 Å². The van der Waals surface area contributed by atoms with Crippen LogP contribution in [0.3, 0.4) is 0 Å². The number of methoxy groups -OCH3 is 2. The summed E-state index contributed by atoms with van der Waals surface area (Å²) in [6.07, 6.45) is -0.248. The van der Waals surface area contributed by atoms with Gasteiger partial charge in [0.15, 0.2) is 6.29 Å². The molecule has 8 heavy (non-hydrogen) atoms. The van der Waals surface area contributed by atoms with Gasteiger partial charge < -0.3 is 14.9 Å². The monoisotopic (exact) mass is 142 g/mol. The molecule has 0 aliphatic carbocycles. The van der Waals surface area contributed by atoms with Crippen LogP contribution in [0.1, 0.15) is 0 Å². The fourth-order valence-corrected chi connectivity index (χ4v) is 0.474. The van der Waals surface area contributed by atoms with Gasteiger partial charge in [-0.1, -0.05) is 0 Å². The van der Waals surface area contributed by atoms with Gasteiger partial charge in [-0.15, -0.1) is 11.6 Å². The zero-order valence-electron chi connectivity index (χ0n) is 4.98. The summed E-state index contributed by atoms with van der Waals surface area (Å²) in [5.41, 5.74) is 0. The average Bonchev–Trinajstić information content (AvgIpc) is 1.72. The first-order valence-electron chi connectivity index (χ1n) is 1.96. The van der Waals surface area contributed by atoms with E-state index in [9.17, 15) is 0 Å². The van der Waals surface area contributed by atoms with Crippen LogP contribution in [0.5, 0.6) is 0 Å². The van der Waals surface area contributed by atoms with Gasteiger partial charge in [0.2, 0.25) is 0 Å². The van der Waals surface area contributed by atoms with E-state index < -0.39 is 0 Å². The molecule has 0 aromatic carbocycles. The van der Waals surface area contributed by atoms with Crippen molar-refractivity contribution in [3.8, 4) is 0 Å². The Hall–Kier alpha value is 0.170. The molecule has 4 heteroatoms. The maximum Gasteiger partial charge on any atom is 0.170 e. The largest absolute Gasteiger partial charge is 0.412 e. The quantitative estimate of drug-likeness (QED) is 0.412. The van der Waals surface area contributed by atoms with Crippen molar-refractivity contribution in [2.45, 2.75) is 6.29 Å². The molecule has 0 aromatic rings. The van der Waals surface area contributed by atoms with Crippen molar-refractivity contribution in [2.24, 2.45) is 0 Å². The van der Waals surface area contributed by atoms with Gasteiger partial charge >= 0.3 is 0 Å². The van der Waals surface area contributed by atoms with Crippen LogP contribution in [0.15, 0.2) is 0 Å². The molecule has 0 radical (unpaired) electrons. The lowest BCUT2D eigenvalue weighted by atomic mass is 10.7. The molecule has 0 rings (SSSR count). The second-order valence-electron chi connectivity index (χ2n) is 1.06. The van der Waals surface area contributed by atoms with Gasteiger partial charge in [0.25, 0.3) is 0 Å². The number of rotatable bonds is 3. The molecule has 0 aromatic heterocycles. The van der Waals surface area contributed by atoms with Crippen molar-refractivity contribution in [2.75, 3.05) is 20.1 Å². The van der Waals surface area contributed by atoms with Crippen LogP contribution in [-0.4, -0.2) is 31.9 Å². The van der Waals surface area contributed by atoms with E-state index in [0.717, 1.165) is 0 Å². The molecule has 0 aliphatic rings. The molecule has 0 saturated carbocycles. The maximum atomic E-state index is 5.32. The van der Waals surface area contributed by atoms with Gasteiger partial charge in [0.1, 0.15) is 0 Å². The lowest BCUT2D eigenvalue weighted by molar-refractivity contribution is -0.0851. The fourth-order valence-electron chi connectivity index (χ4n) is 0.222. The van der Waals surface area contributed by atoms with Crippen molar-refractivity contribution < 1.29 is 14.9 Å². The Kier molecular flexibility index (Phi) is 9.89. The average molecular weight is 143 g/mol. The van der Waals surface area contributed by atoms with Gasteiger partial charge in [0.05, 0.1) is 5.88 Å². The van der Waals surface area contributed by atoms with Crippen molar-refractivity contribution in [1.29, 1.82) is 0 Å². The van der Waals surface area contributed by atoms with Crippen LogP contribution >= 0.6 is 11.6 Å². The summed E-state index contributed by atoms with van der Waals surface area (Å²) >= 11 is 5.32. The molecule has 0 spiro atoms. The summed E-state index contributed by atoms with van der Waals surface area (Å²) in [7, 11) is 3.10. The minimum atomic E-state index is -0.248. The second kappa shape index (κ2) is 7.17. The summed E-state index contributed by atoms with van der Waals surface area (Å²) in [5.74, 6) is 0.382. The third kappa shape index (κ3) is 4.33. The Morgan fingerprint density at radius 2 is 1.75 bits per heavy atom. The number of hydrogen-bond donors (Lipinski definition) is 0. The molecule has 0 heterocycles. The van der Waals surface area contributed by atoms with E-state index in [1.807, 2.05) is 0 Å². The van der Waals surface area contributed by atoms with Crippen molar-refractivity contribution in [1.82, 2.24) is 0 Å². The molecule has 0 amide bonds. The van der Waals surface area contributed by atoms with Crippen LogP contribution in [0.2, 0.25) is 0 Å². The standard InChI is InChI=1S/C4H9ClO2.H2O/c1-6-4(3-5)7-2;/h4H,3H2,1-2H3;1H2. The molecule has 2 N–H and O–H groups in total. The predicted octanol–water partition coefficient (Wildman–Crippen LogP) is 0.0194. The zero-order valence-corrected chi connectivity index (χ0v) is 5.73. The predicted molar refractivity (Wildman–Crippen MR) is 32.1 cm³/mol. The van der Waals surface area contributed by atoms with Crippen LogP contribution in [0.25, 0.3) is 0 Å². The molecule has 52 valence electrons. The maximum absolute atomic E-state index is 5.32. The van der Waals surface area contributed by atoms with Crippen molar-refractivity contribution >= 4 is 11.6 Å². The Morgan fingerprint density at radius 3 is 1.75 bits per heavy atom. The lowest BCUT2D eigenvalue weighted by Gasteiger charge is -2.06. The molecule has 0 bridgehead atoms. The first-order valence-corrected chi connectivity index (χ1v) is 2.50. The molecular weight excluding hydrogens is 131 g/mol. The van der Waals surface area contributed by atoms with Crippen LogP contribution in [0, 0.1) is 0 Å². The van der Waals surface area contributed by atoms with Gasteiger partial charge in [-0.25, -0.2) is 0 Å². The highest BCUT2D eigenvalue weighted by atomic mass is 35.5. The molecule has 0 saturated heterocycles. The molecule has 0 aliphatic heterocycles. The normalized spacial score (nSPS) is 9.00. The van der Waals surface area contributed by atoms with E-state index in [4.69, 9.17) is 21.1 Å². The van der Waals surface area contributed by atoms with Gasteiger partial charge in [-0.05, 0) is 0 Å². The topological polar surface area (TPSA) is 50.0 Å². The lowest BCUT2D eigenvalue weighted by Crippen LogP contribution is -2.13. The first-order chi connectivity index (χ1) is 3.35. The Bertz CT molecular complexity index is 32.8. The van der Waals surface area contributed by atoms with E-state index in [2.05, 4.69) is 0 Å². The van der Waals surface area contributed by atoms with Crippen LogP contribution < -0.4 is 0 Å². The van der Waals surface area contributed by atoms with E-state index in [-0.39, 0.29) is 11.8 Å². The van der Waals surface area contributed by atoms with Crippen LogP contribution in [-0.2, 0) is 9.47 Å². The summed E-state index contributed by atoms with van der Waals surface area (Å²) in [6.45, 7) is 0. The minimum Gasteiger partial charge on any atom is -0.412 e. The summed E-state index contributed by atoms with van der Waals surface area (Å²) < 4.78 is 9.39. The first kappa shape index (κ1) is 11.0. The van der Waals surface area contributed by atoms with Gasteiger partial charge in [-0.3, -0.25) is 0 Å². The van der Waals surface area contributed by atoms with E-state index in [0.29, 0.717) is 5.88 Å². The minimum absolute atomic E-state index is 0. The third-order valence-electron chi connectivity index (χ3n) is 0.652. The highest BCUT2D eigenvalue weighted by Crippen LogP contribution is 1.91. The SMILES string of the molecule is COC(CCl)OC.O. The third-order valence-corrected chi connectivity index (χ3v) is 0.904. The summed E-state index contributed by atoms with van der Waals surface area (Å²) in [4.78, 5) is 0. The molecule has 0 atom stereocenters. The van der Waals surface area contributed by atoms with Crippen LogP contribution in [0.4, 0.5) is 0 Å². The Morgan fingerprint density at radius 1 is 1.38 bits per heavy atom. The van der Waals surface area contributed by atoms with Gasteiger partial charge in [-0.2, -0.15) is 0 Å². The highest BCUT2D eigenvalue weighted by Gasteiger charge is 1.98. The smallest absolute Gasteiger partial charge is 0.170 e. The second-order valence-corrected chi connectivity index (χ2v) is 1.36. The fraction of sp³-hybridized carbons (Fsp3) is 1.00. The van der Waals surface area contributed by atoms with E-state index in [1.54, 1.807) is 14.2 Å². The van der Waals surface area contributed by atoms with Gasteiger partial charge in [0, 0.05) is 14.2 Å². The molecule has 0 unspecified atom stereocenters. The Balaban J connectivity index is 0. The molecular formula is C4H11ClO3. The summed E-state index contributed by atoms with van der Waals surface area (Å²) in [5, 5.41) is 0. The molecule has 3 nitrogen and oxygen atoms in total. The summed E-state index contributed by atoms with van der Waals surface area (Å²) in [6, 6.07) is 0. The number of alkyl halides is 1. The van der Waals surface area contributed by atoms with Crippen molar-refractivity contribution in [3.05, 3.63) is 0 Å². The highest BCUT2D eigenvalue weighted by molar-refractivity contribution is 6.18. The van der Waals surface area contributed by atoms with Crippen molar-refractivity contribution in [3.63, 3.8) is 0 Å². The number of halogens is 1. The number of ether oxygens (including phenoxy) is 2. The molecule has 0 fully saturated rings. The number of hydrogen-bond acceptors (Lipinski definition) is 2. The van der Waals surface area contributed by atoms with E-state index >= 15 is 0 Å².